The van der Waals surface area contributed by atoms with E-state index in [2.05, 4.69) is 19.2 Å². The van der Waals surface area contributed by atoms with Crippen LogP contribution in [0.3, 0.4) is 0 Å². The fourth-order valence-corrected chi connectivity index (χ4v) is 3.39. The third-order valence-corrected chi connectivity index (χ3v) is 4.87. The number of nitrogens with one attached hydrogen (secondary N) is 1. The lowest BCUT2D eigenvalue weighted by atomic mass is 9.90. The summed E-state index contributed by atoms with van der Waals surface area (Å²) in [5.74, 6) is 0.359. The van der Waals surface area contributed by atoms with Crippen LogP contribution in [0.4, 0.5) is 0 Å². The third kappa shape index (κ3) is 7.30. The van der Waals surface area contributed by atoms with Gasteiger partial charge >= 0.3 is 0 Å². The Labute approximate surface area is 131 Å². The van der Waals surface area contributed by atoms with E-state index in [9.17, 15) is 4.79 Å². The maximum Gasteiger partial charge on any atom is 0.222 e. The van der Waals surface area contributed by atoms with E-state index in [1.807, 2.05) is 11.9 Å². The van der Waals surface area contributed by atoms with Crippen molar-refractivity contribution in [2.75, 3.05) is 13.6 Å². The van der Waals surface area contributed by atoms with Crippen molar-refractivity contribution in [3.63, 3.8) is 0 Å². The van der Waals surface area contributed by atoms with E-state index >= 15 is 0 Å². The Bertz CT molecular complexity index is 272. The molecule has 0 spiro atoms. The number of amides is 1. The molecule has 0 bridgehead atoms. The molecule has 0 saturated heterocycles. The number of nitrogens with zero attached hydrogens (tertiary/aromatic N) is 1. The minimum absolute atomic E-state index is 0.359. The molecule has 3 heteroatoms. The van der Waals surface area contributed by atoms with Gasteiger partial charge in [-0.15, -0.1) is 0 Å². The quantitative estimate of drug-likeness (QED) is 0.615. The van der Waals surface area contributed by atoms with Crippen LogP contribution in [-0.4, -0.2) is 36.5 Å². The van der Waals surface area contributed by atoms with Crippen LogP contribution in [-0.2, 0) is 4.79 Å². The molecule has 1 rings (SSSR count). The first-order chi connectivity index (χ1) is 10.2. The molecule has 0 aromatic carbocycles. The maximum atomic E-state index is 12.2. The molecule has 0 atom stereocenters. The normalized spacial score (nSPS) is 22.2. The van der Waals surface area contributed by atoms with Gasteiger partial charge in [0, 0.05) is 25.6 Å². The van der Waals surface area contributed by atoms with E-state index in [4.69, 9.17) is 0 Å². The van der Waals surface area contributed by atoms with Gasteiger partial charge in [-0.2, -0.15) is 0 Å². The van der Waals surface area contributed by atoms with Crippen LogP contribution >= 0.6 is 0 Å². The van der Waals surface area contributed by atoms with Gasteiger partial charge in [-0.05, 0) is 38.6 Å². The molecule has 0 aliphatic heterocycles. The minimum atomic E-state index is 0.359. The summed E-state index contributed by atoms with van der Waals surface area (Å²) in [6.07, 6.45) is 13.0. The van der Waals surface area contributed by atoms with E-state index in [0.29, 0.717) is 18.0 Å². The fraction of sp³-hybridized carbons (Fsp3) is 0.944. The summed E-state index contributed by atoms with van der Waals surface area (Å²) in [5, 5.41) is 3.53. The van der Waals surface area contributed by atoms with Crippen molar-refractivity contribution in [1.82, 2.24) is 10.2 Å². The Kier molecular flexibility index (Phi) is 9.73. The zero-order valence-electron chi connectivity index (χ0n) is 14.5. The number of hydrogen-bond acceptors (Lipinski definition) is 2. The number of carbonyl (C=O) groups excluding carboxylic acids is 1. The molecule has 0 aromatic rings. The molecule has 1 aliphatic rings. The summed E-state index contributed by atoms with van der Waals surface area (Å²) < 4.78 is 0. The zero-order chi connectivity index (χ0) is 15.5. The molecular weight excluding hydrogens is 260 g/mol. The van der Waals surface area contributed by atoms with Crippen LogP contribution in [0, 0.1) is 0 Å². The lowest BCUT2D eigenvalue weighted by Gasteiger charge is -2.35. The predicted molar refractivity (Wildman–Crippen MR) is 90.5 cm³/mol. The average Bonchev–Trinajstić information content (AvgIpc) is 2.51. The molecule has 1 aliphatic carbocycles. The third-order valence-electron chi connectivity index (χ3n) is 4.87. The molecule has 0 aromatic heterocycles. The smallest absolute Gasteiger partial charge is 0.222 e. The summed E-state index contributed by atoms with van der Waals surface area (Å²) in [7, 11) is 2.01. The molecule has 21 heavy (non-hydrogen) atoms. The lowest BCUT2D eigenvalue weighted by molar-refractivity contribution is -0.132. The zero-order valence-corrected chi connectivity index (χ0v) is 14.5. The number of unbranched alkanes of at least 4 members (excludes halogenated alkanes) is 5. The van der Waals surface area contributed by atoms with Crippen LogP contribution in [0.25, 0.3) is 0 Å². The maximum absolute atomic E-state index is 12.2. The standard InChI is InChI=1S/C18H36N2O/c1-4-6-7-8-9-10-11-18(21)20(3)17-14-12-16(13-15-17)19-5-2/h16-17,19H,4-15H2,1-3H3. The molecule has 0 radical (unpaired) electrons. The van der Waals surface area contributed by atoms with Gasteiger partial charge in [-0.1, -0.05) is 46.0 Å². The molecule has 3 nitrogen and oxygen atoms in total. The molecule has 1 saturated carbocycles. The highest BCUT2D eigenvalue weighted by Crippen LogP contribution is 2.23. The van der Waals surface area contributed by atoms with Crippen LogP contribution in [0.15, 0.2) is 0 Å². The van der Waals surface area contributed by atoms with Gasteiger partial charge in [0.25, 0.3) is 0 Å². The summed E-state index contributed by atoms with van der Waals surface area (Å²) in [6, 6.07) is 1.15. The van der Waals surface area contributed by atoms with Crippen molar-refractivity contribution in [2.24, 2.45) is 0 Å². The summed E-state index contributed by atoms with van der Waals surface area (Å²) in [4.78, 5) is 14.3. The van der Waals surface area contributed by atoms with Gasteiger partial charge < -0.3 is 10.2 Å². The van der Waals surface area contributed by atoms with Crippen molar-refractivity contribution in [1.29, 1.82) is 0 Å². The van der Waals surface area contributed by atoms with Crippen LogP contribution < -0.4 is 5.32 Å². The van der Waals surface area contributed by atoms with E-state index < -0.39 is 0 Å². The molecule has 1 N–H and O–H groups in total. The Balaban J connectivity index is 2.13. The van der Waals surface area contributed by atoms with Gasteiger partial charge in [-0.3, -0.25) is 4.79 Å². The average molecular weight is 296 g/mol. The Morgan fingerprint density at radius 1 is 1.00 bits per heavy atom. The van der Waals surface area contributed by atoms with Crippen LogP contribution in [0.5, 0.6) is 0 Å². The van der Waals surface area contributed by atoms with E-state index in [0.717, 1.165) is 32.2 Å². The molecule has 0 heterocycles. The van der Waals surface area contributed by atoms with Crippen molar-refractivity contribution in [2.45, 2.75) is 96.6 Å². The lowest BCUT2D eigenvalue weighted by Crippen LogP contribution is -2.43. The van der Waals surface area contributed by atoms with Crippen molar-refractivity contribution in [3.05, 3.63) is 0 Å². The first-order valence-electron chi connectivity index (χ1n) is 9.18. The first kappa shape index (κ1) is 18.5. The number of carbonyl (C=O) groups is 1. The van der Waals surface area contributed by atoms with E-state index in [1.165, 1.54) is 44.9 Å². The number of rotatable bonds is 10. The number of hydrogen-bond donors (Lipinski definition) is 1. The monoisotopic (exact) mass is 296 g/mol. The van der Waals surface area contributed by atoms with Gasteiger partial charge in [0.15, 0.2) is 0 Å². The Hall–Kier alpha value is -0.570. The molecule has 124 valence electrons. The van der Waals surface area contributed by atoms with Crippen molar-refractivity contribution in [3.8, 4) is 0 Å². The second-order valence-corrected chi connectivity index (χ2v) is 6.59. The second kappa shape index (κ2) is 11.1. The molecule has 1 amide bonds. The highest BCUT2D eigenvalue weighted by molar-refractivity contribution is 5.76. The second-order valence-electron chi connectivity index (χ2n) is 6.59. The van der Waals surface area contributed by atoms with E-state index in [-0.39, 0.29) is 0 Å². The summed E-state index contributed by atoms with van der Waals surface area (Å²) in [6.45, 7) is 5.47. The van der Waals surface area contributed by atoms with Crippen molar-refractivity contribution >= 4 is 5.91 Å². The topological polar surface area (TPSA) is 32.3 Å². The van der Waals surface area contributed by atoms with Crippen LogP contribution in [0.1, 0.15) is 84.5 Å². The highest BCUT2D eigenvalue weighted by Gasteiger charge is 2.25. The van der Waals surface area contributed by atoms with Gasteiger partial charge in [-0.25, -0.2) is 0 Å². The minimum Gasteiger partial charge on any atom is -0.343 e. The largest absolute Gasteiger partial charge is 0.343 e. The Morgan fingerprint density at radius 3 is 2.24 bits per heavy atom. The summed E-state index contributed by atoms with van der Waals surface area (Å²) in [5.41, 5.74) is 0. The SMILES string of the molecule is CCCCCCCCC(=O)N(C)C1CCC(NCC)CC1. The summed E-state index contributed by atoms with van der Waals surface area (Å²) >= 11 is 0. The molecule has 0 unspecified atom stereocenters. The first-order valence-corrected chi connectivity index (χ1v) is 9.18. The van der Waals surface area contributed by atoms with Gasteiger partial charge in [0.2, 0.25) is 5.91 Å². The van der Waals surface area contributed by atoms with E-state index in [1.54, 1.807) is 0 Å². The van der Waals surface area contributed by atoms with Gasteiger partial charge in [0.05, 0.1) is 0 Å². The Morgan fingerprint density at radius 2 is 1.62 bits per heavy atom. The molecule has 1 fully saturated rings. The van der Waals surface area contributed by atoms with Crippen LogP contribution in [0.2, 0.25) is 0 Å². The fourth-order valence-electron chi connectivity index (χ4n) is 3.39. The van der Waals surface area contributed by atoms with Crippen molar-refractivity contribution < 1.29 is 4.79 Å². The molecular formula is C18H36N2O. The highest BCUT2D eigenvalue weighted by atomic mass is 16.2. The predicted octanol–water partition coefficient (Wildman–Crippen LogP) is 4.12. The van der Waals surface area contributed by atoms with Gasteiger partial charge in [0.1, 0.15) is 0 Å².